The van der Waals surface area contributed by atoms with E-state index >= 15 is 0 Å². The molecule has 1 aliphatic heterocycles. The molecule has 0 radical (unpaired) electrons. The first-order valence-electron chi connectivity index (χ1n) is 5.22. The molecule has 1 atom stereocenters. The minimum Gasteiger partial charge on any atom is -0.478 e. The van der Waals surface area contributed by atoms with Crippen molar-refractivity contribution in [1.29, 1.82) is 0 Å². The molecule has 2 rings (SSSR count). The Balaban J connectivity index is 2.38. The van der Waals surface area contributed by atoms with E-state index in [1.54, 1.807) is 12.1 Å². The van der Waals surface area contributed by atoms with Crippen LogP contribution in [0.15, 0.2) is 24.3 Å². The summed E-state index contributed by atoms with van der Waals surface area (Å²) in [5.41, 5.74) is 1.39. The molecule has 1 heterocycles. The third-order valence-corrected chi connectivity index (χ3v) is 3.07. The molecule has 1 fully saturated rings. The number of likely N-dealkylation sites (tertiary alicyclic amines) is 1. The smallest absolute Gasteiger partial charge is 0.336 e. The number of rotatable bonds is 2. The number of carbonyl (C=O) groups is 1. The molecule has 0 bridgehead atoms. The summed E-state index contributed by atoms with van der Waals surface area (Å²) in [6.45, 7) is 1.05. The predicted octanol–water partition coefficient (Wildman–Crippen LogP) is 2.15. The highest BCUT2D eigenvalue weighted by Gasteiger charge is 2.25. The highest BCUT2D eigenvalue weighted by Crippen LogP contribution is 2.32. The number of hydrogen-bond acceptors (Lipinski definition) is 2. The summed E-state index contributed by atoms with van der Waals surface area (Å²) < 4.78 is 0. The molecule has 0 spiro atoms. The van der Waals surface area contributed by atoms with Crippen molar-refractivity contribution in [2.75, 3.05) is 13.6 Å². The molecule has 3 heteroatoms. The molecule has 0 aromatic heterocycles. The normalized spacial score (nSPS) is 21.8. The van der Waals surface area contributed by atoms with Crippen LogP contribution in [0.25, 0.3) is 0 Å². The van der Waals surface area contributed by atoms with Crippen LogP contribution in [0.3, 0.4) is 0 Å². The second-order valence-electron chi connectivity index (χ2n) is 4.03. The quantitative estimate of drug-likeness (QED) is 0.804. The van der Waals surface area contributed by atoms with E-state index in [0.29, 0.717) is 5.56 Å². The molecule has 3 nitrogen and oxygen atoms in total. The van der Waals surface area contributed by atoms with Crippen molar-refractivity contribution in [1.82, 2.24) is 4.90 Å². The highest BCUT2D eigenvalue weighted by molar-refractivity contribution is 5.89. The minimum absolute atomic E-state index is 0.275. The van der Waals surface area contributed by atoms with Gasteiger partial charge in [0.05, 0.1) is 5.56 Å². The zero-order valence-corrected chi connectivity index (χ0v) is 8.81. The third kappa shape index (κ3) is 1.88. The summed E-state index contributed by atoms with van der Waals surface area (Å²) in [6.07, 6.45) is 2.20. The van der Waals surface area contributed by atoms with Gasteiger partial charge in [-0.1, -0.05) is 18.2 Å². The standard InChI is InChI=1S/C12H15NO2/c1-13-8-4-7-11(13)9-5-2-3-6-10(9)12(14)15/h2-3,5-6,11H,4,7-8H2,1H3,(H,14,15)/t11-/m1/s1. The van der Waals surface area contributed by atoms with Gasteiger partial charge in [-0.05, 0) is 38.1 Å². The average Bonchev–Trinajstić information content (AvgIpc) is 2.64. The molecule has 1 aliphatic rings. The van der Waals surface area contributed by atoms with E-state index in [2.05, 4.69) is 11.9 Å². The first kappa shape index (κ1) is 10.2. The molecule has 0 unspecified atom stereocenters. The van der Waals surface area contributed by atoms with Gasteiger partial charge in [0, 0.05) is 6.04 Å². The fourth-order valence-corrected chi connectivity index (χ4v) is 2.29. The number of carboxylic acids is 1. The fourth-order valence-electron chi connectivity index (χ4n) is 2.29. The van der Waals surface area contributed by atoms with Crippen LogP contribution in [0.5, 0.6) is 0 Å². The monoisotopic (exact) mass is 205 g/mol. The van der Waals surface area contributed by atoms with Crippen LogP contribution in [0, 0.1) is 0 Å². The molecular weight excluding hydrogens is 190 g/mol. The van der Waals surface area contributed by atoms with Gasteiger partial charge in [0.25, 0.3) is 0 Å². The van der Waals surface area contributed by atoms with E-state index in [-0.39, 0.29) is 6.04 Å². The maximum absolute atomic E-state index is 11.1. The summed E-state index contributed by atoms with van der Waals surface area (Å²) in [7, 11) is 2.05. The zero-order valence-electron chi connectivity index (χ0n) is 8.81. The lowest BCUT2D eigenvalue weighted by Crippen LogP contribution is -2.19. The van der Waals surface area contributed by atoms with Gasteiger partial charge in [-0.3, -0.25) is 4.90 Å². The lowest BCUT2D eigenvalue weighted by molar-refractivity contribution is 0.0694. The molecule has 1 saturated heterocycles. The second-order valence-corrected chi connectivity index (χ2v) is 4.03. The Morgan fingerprint density at radius 1 is 1.47 bits per heavy atom. The van der Waals surface area contributed by atoms with E-state index in [1.165, 1.54) is 0 Å². The van der Waals surface area contributed by atoms with Gasteiger partial charge in [0.1, 0.15) is 0 Å². The molecule has 0 saturated carbocycles. The molecule has 1 aromatic carbocycles. The molecule has 15 heavy (non-hydrogen) atoms. The van der Waals surface area contributed by atoms with Gasteiger partial charge < -0.3 is 5.11 Å². The Labute approximate surface area is 89.3 Å². The van der Waals surface area contributed by atoms with Crippen molar-refractivity contribution in [2.45, 2.75) is 18.9 Å². The zero-order chi connectivity index (χ0) is 10.8. The summed E-state index contributed by atoms with van der Waals surface area (Å²) in [4.78, 5) is 13.3. The fraction of sp³-hybridized carbons (Fsp3) is 0.417. The Bertz CT molecular complexity index is 376. The lowest BCUT2D eigenvalue weighted by Gasteiger charge is -2.21. The Kier molecular flexibility index (Phi) is 2.73. The van der Waals surface area contributed by atoms with Gasteiger partial charge in [-0.25, -0.2) is 4.79 Å². The van der Waals surface area contributed by atoms with Crippen molar-refractivity contribution in [3.05, 3.63) is 35.4 Å². The van der Waals surface area contributed by atoms with E-state index in [9.17, 15) is 4.79 Å². The van der Waals surface area contributed by atoms with Crippen LogP contribution in [-0.4, -0.2) is 29.6 Å². The first-order valence-corrected chi connectivity index (χ1v) is 5.22. The molecule has 0 aliphatic carbocycles. The van der Waals surface area contributed by atoms with E-state index in [1.807, 2.05) is 12.1 Å². The van der Waals surface area contributed by atoms with Gasteiger partial charge in [0.2, 0.25) is 0 Å². The number of benzene rings is 1. The van der Waals surface area contributed by atoms with Gasteiger partial charge in [-0.2, -0.15) is 0 Å². The SMILES string of the molecule is CN1CCC[C@@H]1c1ccccc1C(=O)O. The van der Waals surface area contributed by atoms with Gasteiger partial charge >= 0.3 is 5.97 Å². The Hall–Kier alpha value is -1.35. The maximum Gasteiger partial charge on any atom is 0.336 e. The van der Waals surface area contributed by atoms with Crippen molar-refractivity contribution in [2.24, 2.45) is 0 Å². The number of aromatic carboxylic acids is 1. The van der Waals surface area contributed by atoms with E-state index in [4.69, 9.17) is 5.11 Å². The molecule has 80 valence electrons. The number of nitrogens with zero attached hydrogens (tertiary/aromatic N) is 1. The van der Waals surface area contributed by atoms with Crippen LogP contribution in [0.4, 0.5) is 0 Å². The van der Waals surface area contributed by atoms with E-state index in [0.717, 1.165) is 24.9 Å². The van der Waals surface area contributed by atoms with Crippen LogP contribution in [0.1, 0.15) is 34.8 Å². The van der Waals surface area contributed by atoms with Crippen molar-refractivity contribution < 1.29 is 9.90 Å². The molecule has 0 amide bonds. The van der Waals surface area contributed by atoms with Gasteiger partial charge in [-0.15, -0.1) is 0 Å². The largest absolute Gasteiger partial charge is 0.478 e. The first-order chi connectivity index (χ1) is 7.20. The molecule has 1 N–H and O–H groups in total. The van der Waals surface area contributed by atoms with Crippen molar-refractivity contribution >= 4 is 5.97 Å². The van der Waals surface area contributed by atoms with Crippen LogP contribution >= 0.6 is 0 Å². The topological polar surface area (TPSA) is 40.5 Å². The average molecular weight is 205 g/mol. The summed E-state index contributed by atoms with van der Waals surface area (Å²) >= 11 is 0. The Morgan fingerprint density at radius 3 is 2.80 bits per heavy atom. The maximum atomic E-state index is 11.1. The second kappa shape index (κ2) is 4.03. The number of carboxylic acid groups (broad SMARTS) is 1. The lowest BCUT2D eigenvalue weighted by atomic mass is 9.99. The molecular formula is C12H15NO2. The third-order valence-electron chi connectivity index (χ3n) is 3.07. The Morgan fingerprint density at radius 2 is 2.20 bits per heavy atom. The minimum atomic E-state index is -0.828. The van der Waals surface area contributed by atoms with Crippen LogP contribution in [-0.2, 0) is 0 Å². The van der Waals surface area contributed by atoms with E-state index < -0.39 is 5.97 Å². The molecule has 1 aromatic rings. The van der Waals surface area contributed by atoms with Crippen LogP contribution in [0.2, 0.25) is 0 Å². The van der Waals surface area contributed by atoms with Gasteiger partial charge in [0.15, 0.2) is 0 Å². The highest BCUT2D eigenvalue weighted by atomic mass is 16.4. The van der Waals surface area contributed by atoms with Crippen LogP contribution < -0.4 is 0 Å². The van der Waals surface area contributed by atoms with Crippen molar-refractivity contribution in [3.63, 3.8) is 0 Å². The summed E-state index contributed by atoms with van der Waals surface area (Å²) in [6, 6.07) is 7.58. The predicted molar refractivity (Wildman–Crippen MR) is 58.0 cm³/mol. The summed E-state index contributed by atoms with van der Waals surface area (Å²) in [5, 5.41) is 9.09. The summed E-state index contributed by atoms with van der Waals surface area (Å²) in [5.74, 6) is -0.828. The number of hydrogen-bond donors (Lipinski definition) is 1. The van der Waals surface area contributed by atoms with Crippen molar-refractivity contribution in [3.8, 4) is 0 Å².